The molecule has 4 aliphatic rings. The lowest BCUT2D eigenvalue weighted by Crippen LogP contribution is -2.59. The van der Waals surface area contributed by atoms with Gasteiger partial charge < -0.3 is 24.7 Å². The van der Waals surface area contributed by atoms with Crippen LogP contribution in [0.1, 0.15) is 20.3 Å². The van der Waals surface area contributed by atoms with Gasteiger partial charge in [0.2, 0.25) is 11.8 Å². The van der Waals surface area contributed by atoms with E-state index in [4.69, 9.17) is 4.74 Å². The highest BCUT2D eigenvalue weighted by Gasteiger charge is 2.76. The Morgan fingerprint density at radius 2 is 2.09 bits per heavy atom. The molecule has 33 heavy (non-hydrogen) atoms. The monoisotopic (exact) mass is 481 g/mol. The number of hydrogen-bond acceptors (Lipinski definition) is 7. The highest BCUT2D eigenvalue weighted by molar-refractivity contribution is 8.02. The number of amides is 2. The van der Waals surface area contributed by atoms with Crippen molar-refractivity contribution < 1.29 is 29.3 Å². The van der Waals surface area contributed by atoms with Crippen LogP contribution < -0.4 is 0 Å². The largest absolute Gasteiger partial charge is 0.481 e. The molecule has 1 spiro atoms. The van der Waals surface area contributed by atoms with Gasteiger partial charge in [-0.25, -0.2) is 0 Å². The Morgan fingerprint density at radius 3 is 2.70 bits per heavy atom. The molecule has 2 amide bonds. The Bertz CT molecular complexity index is 805. The predicted molar refractivity (Wildman–Crippen MR) is 124 cm³/mol. The molecule has 0 aromatic carbocycles. The third kappa shape index (κ3) is 3.88. The van der Waals surface area contributed by atoms with Gasteiger partial charge in [0.25, 0.3) is 0 Å². The van der Waals surface area contributed by atoms with E-state index in [1.54, 1.807) is 17.9 Å². The zero-order valence-electron chi connectivity index (χ0n) is 19.4. The molecule has 4 fully saturated rings. The van der Waals surface area contributed by atoms with Crippen molar-refractivity contribution in [3.63, 3.8) is 0 Å². The van der Waals surface area contributed by atoms with Crippen molar-refractivity contribution in [2.75, 3.05) is 52.5 Å². The molecule has 4 heterocycles. The summed E-state index contributed by atoms with van der Waals surface area (Å²) in [6.07, 6.45) is 2.36. The lowest BCUT2D eigenvalue weighted by atomic mass is 9.66. The normalized spacial score (nSPS) is 36.6. The first kappa shape index (κ1) is 24.5. The molecule has 10 heteroatoms. The van der Waals surface area contributed by atoms with Crippen LogP contribution in [0.4, 0.5) is 0 Å². The number of ether oxygens (including phenoxy) is 1. The maximum absolute atomic E-state index is 14.1. The van der Waals surface area contributed by atoms with Gasteiger partial charge >= 0.3 is 5.97 Å². The Labute approximate surface area is 199 Å². The second kappa shape index (κ2) is 9.56. The number of aliphatic carboxylic acids is 1. The van der Waals surface area contributed by atoms with Crippen LogP contribution in [0.25, 0.3) is 0 Å². The van der Waals surface area contributed by atoms with Gasteiger partial charge in [0.1, 0.15) is 6.04 Å². The summed E-state index contributed by atoms with van der Waals surface area (Å²) < 4.78 is 4.62. The first-order valence-corrected chi connectivity index (χ1v) is 12.7. The SMILES string of the molecule is C=CCN(CCN1CCOCC1)C(=O)C1N([C@H](C)CO)C(=O)[C@@H]2[C@@H](C(=O)O)[C@H]3CC(C)C12S3. The molecule has 4 rings (SSSR count). The molecule has 184 valence electrons. The number of thioether (sulfide) groups is 1. The molecule has 0 aromatic heterocycles. The van der Waals surface area contributed by atoms with Crippen LogP contribution >= 0.6 is 11.8 Å². The van der Waals surface area contributed by atoms with Crippen molar-refractivity contribution >= 4 is 29.5 Å². The van der Waals surface area contributed by atoms with Gasteiger partial charge in [-0.15, -0.1) is 18.3 Å². The number of carbonyl (C=O) groups excluding carboxylic acids is 2. The number of morpholine rings is 1. The molecule has 0 aliphatic carbocycles. The van der Waals surface area contributed by atoms with Crippen molar-refractivity contribution in [1.82, 2.24) is 14.7 Å². The van der Waals surface area contributed by atoms with Gasteiger partial charge in [-0.2, -0.15) is 0 Å². The van der Waals surface area contributed by atoms with E-state index in [-0.39, 0.29) is 29.6 Å². The molecule has 4 saturated heterocycles. The van der Waals surface area contributed by atoms with Crippen LogP contribution in [0.3, 0.4) is 0 Å². The van der Waals surface area contributed by atoms with E-state index in [2.05, 4.69) is 11.5 Å². The number of hydrogen-bond donors (Lipinski definition) is 2. The summed E-state index contributed by atoms with van der Waals surface area (Å²) >= 11 is 1.52. The molecule has 4 aliphatic heterocycles. The number of aliphatic hydroxyl groups excluding tert-OH is 1. The minimum atomic E-state index is -0.973. The maximum atomic E-state index is 14.1. The highest BCUT2D eigenvalue weighted by Crippen LogP contribution is 2.68. The third-order valence-electron chi connectivity index (χ3n) is 7.89. The van der Waals surface area contributed by atoms with Gasteiger partial charge in [0, 0.05) is 38.0 Å². The number of likely N-dealkylation sites (tertiary alicyclic amines) is 1. The number of carboxylic acids is 1. The van der Waals surface area contributed by atoms with Crippen LogP contribution in [0, 0.1) is 17.8 Å². The van der Waals surface area contributed by atoms with E-state index in [1.807, 2.05) is 6.92 Å². The summed E-state index contributed by atoms with van der Waals surface area (Å²) in [5, 5.41) is 19.7. The maximum Gasteiger partial charge on any atom is 0.308 e. The molecule has 7 atom stereocenters. The minimum absolute atomic E-state index is 0.0201. The zero-order valence-corrected chi connectivity index (χ0v) is 20.2. The van der Waals surface area contributed by atoms with Crippen LogP contribution in [-0.2, 0) is 19.1 Å². The standard InChI is InChI=1S/C23H35N3O6S/c1-4-5-25(7-6-24-8-10-32-11-9-24)21(29)19-23-14(2)12-16(33-23)17(22(30)31)18(23)20(28)26(19)15(3)13-27/h4,14-19,27H,1,5-13H2,2-3H3,(H,30,31)/t14?,15-,16-,17+,18+,19?,23?/m1/s1. The smallest absolute Gasteiger partial charge is 0.308 e. The second-order valence-corrected chi connectivity index (χ2v) is 11.2. The molecule has 2 bridgehead atoms. The van der Waals surface area contributed by atoms with E-state index in [0.717, 1.165) is 13.1 Å². The van der Waals surface area contributed by atoms with Crippen molar-refractivity contribution in [1.29, 1.82) is 0 Å². The fourth-order valence-electron chi connectivity index (χ4n) is 6.29. The van der Waals surface area contributed by atoms with Gasteiger partial charge in [-0.1, -0.05) is 13.0 Å². The number of nitrogens with zero attached hydrogens (tertiary/aromatic N) is 3. The summed E-state index contributed by atoms with van der Waals surface area (Å²) in [5.41, 5.74) is 0. The Kier molecular flexibility index (Phi) is 7.10. The van der Waals surface area contributed by atoms with E-state index in [1.165, 1.54) is 16.7 Å². The molecule has 2 N–H and O–H groups in total. The van der Waals surface area contributed by atoms with Crippen LogP contribution in [0.15, 0.2) is 12.7 Å². The lowest BCUT2D eigenvalue weighted by molar-refractivity contribution is -0.149. The zero-order chi connectivity index (χ0) is 23.9. The highest BCUT2D eigenvalue weighted by atomic mass is 32.2. The first-order chi connectivity index (χ1) is 15.8. The molecule has 9 nitrogen and oxygen atoms in total. The van der Waals surface area contributed by atoms with Crippen molar-refractivity contribution in [3.05, 3.63) is 12.7 Å². The third-order valence-corrected chi connectivity index (χ3v) is 9.97. The summed E-state index contributed by atoms with van der Waals surface area (Å²) in [6, 6.07) is -1.37. The molecule has 0 saturated carbocycles. The molecule has 3 unspecified atom stereocenters. The molecule has 0 aromatic rings. The summed E-state index contributed by atoms with van der Waals surface area (Å²) in [7, 11) is 0. The van der Waals surface area contributed by atoms with Crippen LogP contribution in [0.2, 0.25) is 0 Å². The number of aliphatic hydroxyl groups is 1. The Morgan fingerprint density at radius 1 is 1.39 bits per heavy atom. The number of rotatable bonds is 9. The molecule has 0 radical (unpaired) electrons. The average molecular weight is 482 g/mol. The molecular weight excluding hydrogens is 446 g/mol. The predicted octanol–water partition coefficient (Wildman–Crippen LogP) is 0.136. The van der Waals surface area contributed by atoms with Gasteiger partial charge in [-0.05, 0) is 19.3 Å². The fourth-order valence-corrected chi connectivity index (χ4v) is 8.69. The average Bonchev–Trinajstić information content (AvgIpc) is 3.40. The Balaban J connectivity index is 1.67. The van der Waals surface area contributed by atoms with Crippen molar-refractivity contribution in [2.24, 2.45) is 17.8 Å². The van der Waals surface area contributed by atoms with Crippen molar-refractivity contribution in [3.8, 4) is 0 Å². The number of fused-ring (bicyclic) bond motifs is 1. The lowest BCUT2D eigenvalue weighted by Gasteiger charge is -2.41. The first-order valence-electron chi connectivity index (χ1n) is 11.8. The second-order valence-electron chi connectivity index (χ2n) is 9.69. The van der Waals surface area contributed by atoms with E-state index < -0.39 is 34.6 Å². The van der Waals surface area contributed by atoms with Crippen LogP contribution in [-0.4, -0.2) is 117 Å². The van der Waals surface area contributed by atoms with E-state index >= 15 is 0 Å². The molecular formula is C23H35N3O6S. The Hall–Kier alpha value is -1.62. The van der Waals surface area contributed by atoms with Crippen LogP contribution in [0.5, 0.6) is 0 Å². The quantitative estimate of drug-likeness (QED) is 0.448. The van der Waals surface area contributed by atoms with Crippen molar-refractivity contribution in [2.45, 2.75) is 42.3 Å². The van der Waals surface area contributed by atoms with E-state index in [9.17, 15) is 24.6 Å². The van der Waals surface area contributed by atoms with Gasteiger partial charge in [-0.3, -0.25) is 19.3 Å². The number of carbonyl (C=O) groups is 3. The fraction of sp³-hybridized carbons (Fsp3) is 0.783. The summed E-state index contributed by atoms with van der Waals surface area (Å²) in [6.45, 7) is 11.8. The number of carboxylic acid groups (broad SMARTS) is 1. The summed E-state index contributed by atoms with van der Waals surface area (Å²) in [5.74, 6) is -2.99. The van der Waals surface area contributed by atoms with E-state index in [0.29, 0.717) is 39.3 Å². The minimum Gasteiger partial charge on any atom is -0.481 e. The van der Waals surface area contributed by atoms with Gasteiger partial charge in [0.05, 0.1) is 42.4 Å². The topological polar surface area (TPSA) is 111 Å². The summed E-state index contributed by atoms with van der Waals surface area (Å²) in [4.78, 5) is 45.4. The van der Waals surface area contributed by atoms with Gasteiger partial charge in [0.15, 0.2) is 0 Å².